The second kappa shape index (κ2) is 4.02. The number of halogens is 1. The van der Waals surface area contributed by atoms with Crippen LogP contribution in [0.15, 0.2) is 29.0 Å². The zero-order chi connectivity index (χ0) is 12.8. The van der Waals surface area contributed by atoms with Crippen molar-refractivity contribution in [2.75, 3.05) is 5.73 Å². The van der Waals surface area contributed by atoms with Crippen LogP contribution < -0.4 is 5.73 Å². The van der Waals surface area contributed by atoms with E-state index in [1.54, 1.807) is 0 Å². The van der Waals surface area contributed by atoms with Crippen LogP contribution in [0.5, 0.6) is 0 Å². The van der Waals surface area contributed by atoms with E-state index in [9.17, 15) is 0 Å². The molecule has 18 heavy (non-hydrogen) atoms. The van der Waals surface area contributed by atoms with Gasteiger partial charge in [-0.15, -0.1) is 0 Å². The van der Waals surface area contributed by atoms with Gasteiger partial charge in [-0.25, -0.2) is 0 Å². The average molecular weight is 263 g/mol. The zero-order valence-electron chi connectivity index (χ0n) is 10.2. The molecule has 0 spiro atoms. The highest BCUT2D eigenvalue weighted by molar-refractivity contribution is 6.30. The van der Waals surface area contributed by atoms with Crippen LogP contribution >= 0.6 is 11.6 Å². The molecule has 0 bridgehead atoms. The maximum Gasteiger partial charge on any atom is 0.147 e. The minimum atomic E-state index is -0.0437. The molecule has 2 aromatic rings. The van der Waals surface area contributed by atoms with Crippen molar-refractivity contribution in [3.05, 3.63) is 46.3 Å². The summed E-state index contributed by atoms with van der Waals surface area (Å²) in [6.45, 7) is 2.19. The lowest BCUT2D eigenvalue weighted by atomic mass is 9.70. The van der Waals surface area contributed by atoms with E-state index >= 15 is 0 Å². The second-order valence-corrected chi connectivity index (χ2v) is 5.71. The maximum atomic E-state index is 6.03. The zero-order valence-corrected chi connectivity index (χ0v) is 11.0. The number of nitrogens with zero attached hydrogens (tertiary/aromatic N) is 1. The average Bonchev–Trinajstić information content (AvgIpc) is 2.77. The number of aromatic nitrogens is 1. The molecule has 2 N–H and O–H groups in total. The van der Waals surface area contributed by atoms with Crippen molar-refractivity contribution in [1.29, 1.82) is 0 Å². The van der Waals surface area contributed by atoms with E-state index in [-0.39, 0.29) is 5.41 Å². The molecule has 1 aromatic carbocycles. The number of rotatable bonds is 1. The van der Waals surface area contributed by atoms with E-state index < -0.39 is 0 Å². The first-order chi connectivity index (χ1) is 8.58. The van der Waals surface area contributed by atoms with Crippen LogP contribution in [0.3, 0.4) is 0 Å². The predicted molar refractivity (Wildman–Crippen MR) is 71.7 cm³/mol. The Labute approximate surface area is 111 Å². The summed E-state index contributed by atoms with van der Waals surface area (Å²) in [5.74, 6) is 0. The first-order valence-corrected chi connectivity index (χ1v) is 6.44. The SMILES string of the molecule is CC1(c2nocc2N)CCc2cc(Cl)ccc2C1. The molecule has 0 saturated heterocycles. The molecule has 0 saturated carbocycles. The smallest absolute Gasteiger partial charge is 0.147 e. The van der Waals surface area contributed by atoms with Crippen LogP contribution in [0, 0.1) is 0 Å². The molecular formula is C14H15ClN2O. The molecule has 1 aliphatic carbocycles. The number of nitrogens with two attached hydrogens (primary N) is 1. The summed E-state index contributed by atoms with van der Waals surface area (Å²) in [6.07, 6.45) is 4.45. The Bertz CT molecular complexity index is 593. The third-order valence-corrected chi connectivity index (χ3v) is 4.10. The van der Waals surface area contributed by atoms with Gasteiger partial charge >= 0.3 is 0 Å². The van der Waals surface area contributed by atoms with Gasteiger partial charge < -0.3 is 10.3 Å². The molecule has 4 heteroatoms. The number of hydrogen-bond acceptors (Lipinski definition) is 3. The van der Waals surface area contributed by atoms with Crippen molar-refractivity contribution in [2.24, 2.45) is 0 Å². The van der Waals surface area contributed by atoms with E-state index in [1.807, 2.05) is 6.07 Å². The Kier molecular flexibility index (Phi) is 2.59. The van der Waals surface area contributed by atoms with Gasteiger partial charge in [-0.2, -0.15) is 0 Å². The number of benzene rings is 1. The van der Waals surface area contributed by atoms with E-state index in [4.69, 9.17) is 21.9 Å². The number of anilines is 1. The quantitative estimate of drug-likeness (QED) is 0.857. The highest BCUT2D eigenvalue weighted by Crippen LogP contribution is 2.40. The molecule has 0 radical (unpaired) electrons. The summed E-state index contributed by atoms with van der Waals surface area (Å²) in [6, 6.07) is 6.10. The van der Waals surface area contributed by atoms with Crippen molar-refractivity contribution in [3.63, 3.8) is 0 Å². The van der Waals surface area contributed by atoms with Gasteiger partial charge in [-0.05, 0) is 42.5 Å². The van der Waals surface area contributed by atoms with E-state index in [2.05, 4.69) is 24.2 Å². The van der Waals surface area contributed by atoms with Crippen molar-refractivity contribution in [1.82, 2.24) is 5.16 Å². The number of fused-ring (bicyclic) bond motifs is 1. The molecule has 3 rings (SSSR count). The van der Waals surface area contributed by atoms with Gasteiger partial charge in [0.25, 0.3) is 0 Å². The van der Waals surface area contributed by atoms with Crippen molar-refractivity contribution >= 4 is 17.3 Å². The second-order valence-electron chi connectivity index (χ2n) is 5.27. The van der Waals surface area contributed by atoms with E-state index in [0.29, 0.717) is 5.69 Å². The highest BCUT2D eigenvalue weighted by atomic mass is 35.5. The summed E-state index contributed by atoms with van der Waals surface area (Å²) in [5, 5.41) is 4.88. The van der Waals surface area contributed by atoms with Crippen LogP contribution in [0.25, 0.3) is 0 Å². The fraction of sp³-hybridized carbons (Fsp3) is 0.357. The van der Waals surface area contributed by atoms with Crippen molar-refractivity contribution < 1.29 is 4.52 Å². The van der Waals surface area contributed by atoms with Gasteiger partial charge in [0, 0.05) is 10.4 Å². The van der Waals surface area contributed by atoms with E-state index in [1.165, 1.54) is 17.4 Å². The summed E-state index contributed by atoms with van der Waals surface area (Å²) in [7, 11) is 0. The van der Waals surface area contributed by atoms with Crippen LogP contribution in [-0.4, -0.2) is 5.16 Å². The topological polar surface area (TPSA) is 52.0 Å². The molecule has 1 aromatic heterocycles. The van der Waals surface area contributed by atoms with Gasteiger partial charge in [-0.1, -0.05) is 29.7 Å². The van der Waals surface area contributed by atoms with Gasteiger partial charge in [0.1, 0.15) is 12.0 Å². The lowest BCUT2D eigenvalue weighted by Crippen LogP contribution is -2.31. The first kappa shape index (κ1) is 11.6. The maximum absolute atomic E-state index is 6.03. The summed E-state index contributed by atoms with van der Waals surface area (Å²) in [5.41, 5.74) is 10.1. The van der Waals surface area contributed by atoms with E-state index in [0.717, 1.165) is 30.0 Å². The standard InChI is InChI=1S/C14H15ClN2O/c1-14(13-12(16)8-18-17-13)5-4-9-6-11(15)3-2-10(9)7-14/h2-3,6,8H,4-5,7,16H2,1H3. The molecule has 1 unspecified atom stereocenters. The molecule has 3 nitrogen and oxygen atoms in total. The van der Waals surface area contributed by atoms with Gasteiger partial charge in [0.05, 0.1) is 5.69 Å². The van der Waals surface area contributed by atoms with Crippen LogP contribution in [-0.2, 0) is 18.3 Å². The minimum absolute atomic E-state index is 0.0437. The predicted octanol–water partition coefficient (Wildman–Crippen LogP) is 3.36. The lowest BCUT2D eigenvalue weighted by Gasteiger charge is -2.33. The molecule has 94 valence electrons. The Hall–Kier alpha value is -1.48. The van der Waals surface area contributed by atoms with Crippen molar-refractivity contribution in [2.45, 2.75) is 31.6 Å². The molecule has 1 aliphatic rings. The monoisotopic (exact) mass is 262 g/mol. The number of hydrogen-bond donors (Lipinski definition) is 1. The van der Waals surface area contributed by atoms with Crippen LogP contribution in [0.4, 0.5) is 5.69 Å². The van der Waals surface area contributed by atoms with Crippen LogP contribution in [0.2, 0.25) is 5.02 Å². The third-order valence-electron chi connectivity index (χ3n) is 3.86. The first-order valence-electron chi connectivity index (χ1n) is 6.06. The fourth-order valence-corrected chi connectivity index (χ4v) is 3.02. The number of nitrogen functional groups attached to an aromatic ring is 1. The fourth-order valence-electron chi connectivity index (χ4n) is 2.82. The van der Waals surface area contributed by atoms with Crippen LogP contribution in [0.1, 0.15) is 30.2 Å². The number of aryl methyl sites for hydroxylation is 1. The summed E-state index contributed by atoms with van der Waals surface area (Å²) in [4.78, 5) is 0. The molecule has 0 fully saturated rings. The molecular weight excluding hydrogens is 248 g/mol. The van der Waals surface area contributed by atoms with Crippen molar-refractivity contribution in [3.8, 4) is 0 Å². The Balaban J connectivity index is 1.99. The molecule has 1 heterocycles. The Morgan fingerprint density at radius 1 is 1.39 bits per heavy atom. The Morgan fingerprint density at radius 2 is 2.22 bits per heavy atom. The highest BCUT2D eigenvalue weighted by Gasteiger charge is 2.35. The minimum Gasteiger partial charge on any atom is -0.395 e. The van der Waals surface area contributed by atoms with Gasteiger partial charge in [-0.3, -0.25) is 0 Å². The summed E-state index contributed by atoms with van der Waals surface area (Å²) >= 11 is 6.03. The molecule has 0 aliphatic heterocycles. The molecule has 1 atom stereocenters. The van der Waals surface area contributed by atoms with Gasteiger partial charge in [0.15, 0.2) is 0 Å². The Morgan fingerprint density at radius 3 is 2.94 bits per heavy atom. The third kappa shape index (κ3) is 1.79. The molecule has 0 amide bonds. The normalized spacial score (nSPS) is 22.8. The summed E-state index contributed by atoms with van der Waals surface area (Å²) < 4.78 is 4.97. The van der Waals surface area contributed by atoms with Gasteiger partial charge in [0.2, 0.25) is 0 Å². The largest absolute Gasteiger partial charge is 0.395 e. The lowest BCUT2D eigenvalue weighted by molar-refractivity contribution is 0.349.